The zero-order valence-corrected chi connectivity index (χ0v) is 16.6. The molecule has 0 atom stereocenters. The fourth-order valence-electron chi connectivity index (χ4n) is 2.03. The minimum Gasteiger partial charge on any atom is -1.00 e. The van der Waals surface area contributed by atoms with Gasteiger partial charge in [-0.3, -0.25) is 4.79 Å². The molecule has 0 amide bonds. The molecule has 0 saturated heterocycles. The van der Waals surface area contributed by atoms with Crippen molar-refractivity contribution in [3.63, 3.8) is 0 Å². The summed E-state index contributed by atoms with van der Waals surface area (Å²) in [5.41, 5.74) is 0. The molecule has 0 aromatic carbocycles. The Bertz CT molecular complexity index is 271. The molecular weight excluding hydrogens is 290 g/mol. The fraction of sp³-hybridized carbons (Fsp3) is 0.938. The summed E-state index contributed by atoms with van der Waals surface area (Å²) in [6.07, 6.45) is 8.18. The summed E-state index contributed by atoms with van der Waals surface area (Å²) in [7, 11) is 0. The van der Waals surface area contributed by atoms with Crippen LogP contribution in [0.4, 0.5) is 0 Å². The molecule has 0 unspecified atom stereocenters. The van der Waals surface area contributed by atoms with Gasteiger partial charge in [0.15, 0.2) is 0 Å². The van der Waals surface area contributed by atoms with Gasteiger partial charge in [-0.05, 0) is 25.7 Å². The summed E-state index contributed by atoms with van der Waals surface area (Å²) in [5, 5.41) is 8.89. The third-order valence-corrected chi connectivity index (χ3v) is 3.68. The van der Waals surface area contributed by atoms with Gasteiger partial charge in [0.1, 0.15) is 5.78 Å². The zero-order valence-electron chi connectivity index (χ0n) is 15.6. The SMILES string of the molecule is CCCCOC1CC(=O)C1.CCCCOC1CC(O)C1.[B].[H-].[Na+]. The van der Waals surface area contributed by atoms with Crippen LogP contribution < -0.4 is 29.6 Å². The van der Waals surface area contributed by atoms with Crippen LogP contribution in [-0.4, -0.2) is 50.8 Å². The van der Waals surface area contributed by atoms with Gasteiger partial charge in [-0.15, -0.1) is 0 Å². The maximum atomic E-state index is 10.5. The van der Waals surface area contributed by atoms with Gasteiger partial charge < -0.3 is 16.0 Å². The van der Waals surface area contributed by atoms with Gasteiger partial charge in [0.25, 0.3) is 0 Å². The number of carbonyl (C=O) groups is 1. The van der Waals surface area contributed by atoms with Crippen molar-refractivity contribution in [3.05, 3.63) is 0 Å². The number of unbranched alkanes of at least 4 members (excludes halogenated alkanes) is 2. The van der Waals surface area contributed by atoms with Gasteiger partial charge in [0.05, 0.1) is 18.3 Å². The van der Waals surface area contributed by atoms with Crippen molar-refractivity contribution in [1.82, 2.24) is 0 Å². The fourth-order valence-corrected chi connectivity index (χ4v) is 2.03. The Morgan fingerprint density at radius 1 is 1.05 bits per heavy atom. The van der Waals surface area contributed by atoms with Gasteiger partial charge in [0.2, 0.25) is 0 Å². The van der Waals surface area contributed by atoms with E-state index in [-0.39, 0.29) is 51.6 Å². The van der Waals surface area contributed by atoms with Crippen LogP contribution in [0.15, 0.2) is 0 Å². The predicted molar refractivity (Wildman–Crippen MR) is 85.6 cm³/mol. The van der Waals surface area contributed by atoms with Gasteiger partial charge in [-0.1, -0.05) is 26.7 Å². The van der Waals surface area contributed by atoms with E-state index < -0.39 is 0 Å². The molecule has 0 aliphatic heterocycles. The van der Waals surface area contributed by atoms with E-state index >= 15 is 0 Å². The van der Waals surface area contributed by atoms with E-state index in [4.69, 9.17) is 14.6 Å². The van der Waals surface area contributed by atoms with Crippen molar-refractivity contribution in [2.24, 2.45) is 0 Å². The molecular formula is C16H31BNaO4. The van der Waals surface area contributed by atoms with Crippen LogP contribution >= 0.6 is 0 Å². The summed E-state index contributed by atoms with van der Waals surface area (Å²) >= 11 is 0. The molecule has 3 radical (unpaired) electrons. The number of aliphatic hydroxyl groups excluding tert-OH is 1. The number of Topliss-reactive ketones (excluding diaryl/α,β-unsaturated/α-hetero) is 1. The Balaban J connectivity index is -0.000000308. The zero-order chi connectivity index (χ0) is 14.8. The molecule has 0 spiro atoms. The van der Waals surface area contributed by atoms with E-state index in [1.165, 1.54) is 12.8 Å². The monoisotopic (exact) mass is 321 g/mol. The third kappa shape index (κ3) is 11.2. The Hall–Kier alpha value is 0.615. The van der Waals surface area contributed by atoms with Crippen LogP contribution in [-0.2, 0) is 14.3 Å². The second-order valence-corrected chi connectivity index (χ2v) is 5.76. The van der Waals surface area contributed by atoms with Gasteiger partial charge >= 0.3 is 29.6 Å². The maximum absolute atomic E-state index is 10.5. The Morgan fingerprint density at radius 2 is 1.50 bits per heavy atom. The van der Waals surface area contributed by atoms with Crippen LogP contribution in [0.1, 0.15) is 66.6 Å². The van der Waals surface area contributed by atoms with E-state index in [9.17, 15) is 4.79 Å². The smallest absolute Gasteiger partial charge is 1.00 e. The summed E-state index contributed by atoms with van der Waals surface area (Å²) in [4.78, 5) is 10.5. The minimum atomic E-state index is -0.0772. The molecule has 6 heteroatoms. The second kappa shape index (κ2) is 15.2. The molecule has 1 N–H and O–H groups in total. The summed E-state index contributed by atoms with van der Waals surface area (Å²) < 4.78 is 10.8. The number of carbonyl (C=O) groups excluding carboxylic acids is 1. The van der Waals surface area contributed by atoms with Gasteiger partial charge in [0, 0.05) is 34.5 Å². The molecule has 4 nitrogen and oxygen atoms in total. The van der Waals surface area contributed by atoms with Crippen molar-refractivity contribution < 1.29 is 50.4 Å². The number of rotatable bonds is 8. The van der Waals surface area contributed by atoms with E-state index in [0.717, 1.165) is 38.9 Å². The molecule has 2 rings (SSSR count). The average Bonchev–Trinajstić information content (AvgIpc) is 2.36. The topological polar surface area (TPSA) is 55.8 Å². The molecule has 2 saturated carbocycles. The maximum Gasteiger partial charge on any atom is 1.00 e. The molecule has 123 valence electrons. The van der Waals surface area contributed by atoms with Crippen LogP contribution in [0.25, 0.3) is 0 Å². The van der Waals surface area contributed by atoms with Crippen LogP contribution in [0.5, 0.6) is 0 Å². The number of ketones is 1. The number of hydrogen-bond donors (Lipinski definition) is 1. The summed E-state index contributed by atoms with van der Waals surface area (Å²) in [6.45, 7) is 5.98. The summed E-state index contributed by atoms with van der Waals surface area (Å²) in [6, 6.07) is 0. The van der Waals surface area contributed by atoms with E-state index in [1.807, 2.05) is 0 Å². The normalized spacial score (nSPS) is 23.1. The summed E-state index contributed by atoms with van der Waals surface area (Å²) in [5.74, 6) is 0.349. The van der Waals surface area contributed by atoms with Crippen molar-refractivity contribution in [2.45, 2.75) is 83.5 Å². The molecule has 2 aliphatic carbocycles. The number of hydrogen-bond acceptors (Lipinski definition) is 4. The Kier molecular flexibility index (Phi) is 17.1. The largest absolute Gasteiger partial charge is 1.00 e. The van der Waals surface area contributed by atoms with Crippen molar-refractivity contribution >= 4 is 14.2 Å². The van der Waals surface area contributed by atoms with Crippen molar-refractivity contribution in [2.75, 3.05) is 13.2 Å². The van der Waals surface area contributed by atoms with Crippen LogP contribution in [0.2, 0.25) is 0 Å². The minimum absolute atomic E-state index is 0. The molecule has 0 aromatic rings. The van der Waals surface area contributed by atoms with Crippen LogP contribution in [0.3, 0.4) is 0 Å². The average molecular weight is 321 g/mol. The first-order valence-corrected chi connectivity index (χ1v) is 8.08. The van der Waals surface area contributed by atoms with Gasteiger partial charge in [-0.2, -0.15) is 0 Å². The quantitative estimate of drug-likeness (QED) is 0.488. The molecule has 2 fully saturated rings. The Labute approximate surface area is 161 Å². The third-order valence-electron chi connectivity index (χ3n) is 3.68. The van der Waals surface area contributed by atoms with Crippen molar-refractivity contribution in [1.29, 1.82) is 0 Å². The first kappa shape index (κ1) is 24.9. The van der Waals surface area contributed by atoms with E-state index in [0.29, 0.717) is 24.7 Å². The van der Waals surface area contributed by atoms with E-state index in [1.54, 1.807) is 0 Å². The first-order chi connectivity index (χ1) is 9.65. The second-order valence-electron chi connectivity index (χ2n) is 5.76. The molecule has 0 heterocycles. The van der Waals surface area contributed by atoms with Crippen LogP contribution in [0, 0.1) is 0 Å². The Morgan fingerprint density at radius 3 is 1.86 bits per heavy atom. The molecule has 0 bridgehead atoms. The van der Waals surface area contributed by atoms with Gasteiger partial charge in [-0.25, -0.2) is 0 Å². The predicted octanol–water partition coefficient (Wildman–Crippen LogP) is -0.403. The molecule has 0 aromatic heterocycles. The molecule has 22 heavy (non-hydrogen) atoms. The van der Waals surface area contributed by atoms with Crippen molar-refractivity contribution in [3.8, 4) is 0 Å². The number of aliphatic hydroxyl groups is 1. The van der Waals surface area contributed by atoms with E-state index in [2.05, 4.69) is 13.8 Å². The molecule has 2 aliphatic rings. The first-order valence-electron chi connectivity index (χ1n) is 8.08. The standard InChI is InChI=1S/C8H16O2.C8H14O2.B.Na.H/c2*1-2-3-4-10-8-5-7(9)6-8;;;/h7-9H,2-6H2,1H3;8H,2-6H2,1H3;;;/q;;;+1;-1. The number of ether oxygens (including phenoxy) is 2.